The zero-order valence-corrected chi connectivity index (χ0v) is 50.5. The third-order valence-corrected chi connectivity index (χ3v) is 19.9. The number of hydrogen-bond acceptors (Lipinski definition) is 2. The summed E-state index contributed by atoms with van der Waals surface area (Å²) in [5, 5.41) is 9.47. The molecule has 0 saturated heterocycles. The lowest BCUT2D eigenvalue weighted by Crippen LogP contribution is -2.28. The van der Waals surface area contributed by atoms with Crippen LogP contribution >= 0.6 is 0 Å². The summed E-state index contributed by atoms with van der Waals surface area (Å²) >= 11 is 0. The number of rotatable bonds is 11. The van der Waals surface area contributed by atoms with Gasteiger partial charge in [-0.05, 0) is 171 Å². The SMILES string of the molecule is c1ccc(C2(c3ccccc3)c3ccccc3-c3ccc(N(c4ccc(-c5c6ccccc6c(N(c6ccc7c(c6)C(c6ccccc6)(c6ccccc6)c6ccccc6-7)c6ccc7ccccc7c6)c6ccccc56)cc4)c4ccc5ccccc5c4)cc32)cc1. The van der Waals surface area contributed by atoms with Crippen molar-refractivity contribution in [1.82, 2.24) is 0 Å². The lowest BCUT2D eigenvalue weighted by Gasteiger charge is -2.35. The maximum Gasteiger partial charge on any atom is 0.0714 e. The fourth-order valence-corrected chi connectivity index (χ4v) is 16.1. The summed E-state index contributed by atoms with van der Waals surface area (Å²) in [4.78, 5) is 5.01. The summed E-state index contributed by atoms with van der Waals surface area (Å²) in [6.45, 7) is 0. The number of anilines is 6. The highest BCUT2D eigenvalue weighted by atomic mass is 15.2. The summed E-state index contributed by atoms with van der Waals surface area (Å²) in [5.74, 6) is 0. The Hall–Kier alpha value is -11.8. The molecule has 0 aromatic heterocycles. The Bertz CT molecular complexity index is 5390. The zero-order valence-electron chi connectivity index (χ0n) is 50.5. The van der Waals surface area contributed by atoms with Crippen molar-refractivity contribution >= 4 is 77.2 Å². The van der Waals surface area contributed by atoms with Crippen LogP contribution in [-0.2, 0) is 10.8 Å². The second-order valence-corrected chi connectivity index (χ2v) is 24.6. The van der Waals surface area contributed by atoms with Gasteiger partial charge in [-0.2, -0.15) is 0 Å². The van der Waals surface area contributed by atoms with E-state index in [0.29, 0.717) is 0 Å². The number of fused-ring (bicyclic) bond motifs is 10. The van der Waals surface area contributed by atoms with Crippen molar-refractivity contribution in [3.8, 4) is 33.4 Å². The quantitative estimate of drug-likeness (QED) is 0.119. The molecule has 92 heavy (non-hydrogen) atoms. The van der Waals surface area contributed by atoms with E-state index in [2.05, 4.69) is 374 Å². The first-order chi connectivity index (χ1) is 45.6. The Labute approximate surface area is 536 Å². The van der Waals surface area contributed by atoms with Crippen LogP contribution in [0.2, 0.25) is 0 Å². The normalized spacial score (nSPS) is 13.2. The molecule has 2 aliphatic rings. The van der Waals surface area contributed by atoms with E-state index in [0.717, 1.165) is 50.5 Å². The van der Waals surface area contributed by atoms with Gasteiger partial charge < -0.3 is 9.80 Å². The molecule has 0 aliphatic heterocycles. The highest BCUT2D eigenvalue weighted by Gasteiger charge is 2.48. The zero-order chi connectivity index (χ0) is 60.7. The van der Waals surface area contributed by atoms with Crippen molar-refractivity contribution in [1.29, 1.82) is 0 Å². The summed E-state index contributed by atoms with van der Waals surface area (Å²) in [6, 6.07) is 136. The topological polar surface area (TPSA) is 6.48 Å². The van der Waals surface area contributed by atoms with Gasteiger partial charge in [0.2, 0.25) is 0 Å². The van der Waals surface area contributed by atoms with Crippen LogP contribution in [0.3, 0.4) is 0 Å². The third kappa shape index (κ3) is 8.07. The van der Waals surface area contributed by atoms with Gasteiger partial charge >= 0.3 is 0 Å². The predicted octanol–water partition coefficient (Wildman–Crippen LogP) is 23.6. The smallest absolute Gasteiger partial charge is 0.0714 e. The van der Waals surface area contributed by atoms with Gasteiger partial charge in [-0.1, -0.05) is 303 Å². The van der Waals surface area contributed by atoms with E-state index in [9.17, 15) is 0 Å². The van der Waals surface area contributed by atoms with Crippen LogP contribution in [0, 0.1) is 0 Å². The van der Waals surface area contributed by atoms with E-state index in [1.54, 1.807) is 0 Å². The minimum atomic E-state index is -0.579. The molecule has 0 bridgehead atoms. The second kappa shape index (κ2) is 21.4. The summed E-state index contributed by atoms with van der Waals surface area (Å²) in [6.07, 6.45) is 0. The van der Waals surface area contributed by atoms with E-state index in [1.807, 2.05) is 0 Å². The Morgan fingerprint density at radius 3 is 0.957 bits per heavy atom. The largest absolute Gasteiger partial charge is 0.310 e. The molecule has 16 aromatic carbocycles. The first-order valence-corrected chi connectivity index (χ1v) is 32.0. The maximum atomic E-state index is 2.55. The number of benzene rings is 16. The van der Waals surface area contributed by atoms with Gasteiger partial charge in [0.25, 0.3) is 0 Å². The maximum absolute atomic E-state index is 2.55. The predicted molar refractivity (Wildman–Crippen MR) is 386 cm³/mol. The van der Waals surface area contributed by atoms with Crippen molar-refractivity contribution in [3.63, 3.8) is 0 Å². The van der Waals surface area contributed by atoms with Crippen LogP contribution < -0.4 is 9.80 Å². The summed E-state index contributed by atoms with van der Waals surface area (Å²) in [5.41, 5.74) is 22.9. The van der Waals surface area contributed by atoms with Crippen molar-refractivity contribution in [3.05, 3.63) is 408 Å². The van der Waals surface area contributed by atoms with Crippen molar-refractivity contribution in [2.75, 3.05) is 9.80 Å². The van der Waals surface area contributed by atoms with E-state index < -0.39 is 10.8 Å². The molecule has 0 N–H and O–H groups in total. The van der Waals surface area contributed by atoms with Crippen LogP contribution in [0.5, 0.6) is 0 Å². The monoisotopic (exact) mass is 1170 g/mol. The van der Waals surface area contributed by atoms with E-state index >= 15 is 0 Å². The molecule has 16 aromatic rings. The van der Waals surface area contributed by atoms with Crippen molar-refractivity contribution in [2.45, 2.75) is 10.8 Å². The van der Waals surface area contributed by atoms with Gasteiger partial charge in [0.15, 0.2) is 0 Å². The molecule has 0 unspecified atom stereocenters. The summed E-state index contributed by atoms with van der Waals surface area (Å²) < 4.78 is 0. The van der Waals surface area contributed by atoms with Gasteiger partial charge in [0.05, 0.1) is 16.5 Å². The average molecular weight is 1170 g/mol. The van der Waals surface area contributed by atoms with Crippen LogP contribution in [0.25, 0.3) is 76.5 Å². The lowest BCUT2D eigenvalue weighted by molar-refractivity contribution is 0.768. The highest BCUT2D eigenvalue weighted by Crippen LogP contribution is 2.60. The van der Waals surface area contributed by atoms with Gasteiger partial charge in [0.1, 0.15) is 0 Å². The molecule has 0 saturated carbocycles. The molecule has 0 radical (unpaired) electrons. The Morgan fingerprint density at radius 2 is 0.511 bits per heavy atom. The van der Waals surface area contributed by atoms with Crippen LogP contribution in [0.15, 0.2) is 364 Å². The Morgan fingerprint density at radius 1 is 0.196 bits per heavy atom. The molecule has 2 nitrogen and oxygen atoms in total. The molecular weight excluding hydrogens is 1110 g/mol. The van der Waals surface area contributed by atoms with Gasteiger partial charge in [-0.15, -0.1) is 0 Å². The summed E-state index contributed by atoms with van der Waals surface area (Å²) in [7, 11) is 0. The van der Waals surface area contributed by atoms with E-state index in [-0.39, 0.29) is 0 Å². The fourth-order valence-electron chi connectivity index (χ4n) is 16.1. The van der Waals surface area contributed by atoms with Crippen LogP contribution in [0.4, 0.5) is 34.1 Å². The standard InChI is InChI=1S/C90H60N2/c1-5-29-66(30-6-1)89(67-31-7-2-8-32-67)83-43-23-21-37-75(83)77-55-53-73(59-85(77)89)91(71-51-45-61-25-13-15-27-64(61)57-71)70-49-47-63(48-50-70)87-79-39-17-19-41-81(79)88(82-42-20-18-40-80(82)87)92(72-52-46-62-26-14-16-28-65(62)58-72)74-54-56-78-76-38-22-24-44-84(76)90(86(78)60-74,68-33-9-3-10-34-68)69-35-11-4-12-36-69/h1-60H. The Kier molecular flexibility index (Phi) is 12.4. The van der Waals surface area contributed by atoms with Crippen LogP contribution in [0.1, 0.15) is 44.5 Å². The van der Waals surface area contributed by atoms with Gasteiger partial charge in [-0.25, -0.2) is 0 Å². The molecule has 0 spiro atoms. The first kappa shape index (κ1) is 53.2. The molecule has 0 atom stereocenters. The Balaban J connectivity index is 0.835. The third-order valence-electron chi connectivity index (χ3n) is 19.9. The van der Waals surface area contributed by atoms with E-state index in [4.69, 9.17) is 0 Å². The molecule has 2 aliphatic carbocycles. The highest BCUT2D eigenvalue weighted by molar-refractivity contribution is 6.22. The van der Waals surface area contributed by atoms with Crippen LogP contribution in [-0.4, -0.2) is 0 Å². The first-order valence-electron chi connectivity index (χ1n) is 32.0. The van der Waals surface area contributed by atoms with Gasteiger partial charge in [-0.3, -0.25) is 0 Å². The fraction of sp³-hybridized carbons (Fsp3) is 0.0222. The minimum absolute atomic E-state index is 0.553. The molecule has 430 valence electrons. The molecular formula is C90H60N2. The average Bonchev–Trinajstić information content (AvgIpc) is 1.32. The molecule has 0 fully saturated rings. The number of nitrogens with zero attached hydrogens (tertiary/aromatic N) is 2. The minimum Gasteiger partial charge on any atom is -0.310 e. The molecule has 2 heteroatoms. The molecule has 18 rings (SSSR count). The van der Waals surface area contributed by atoms with Crippen molar-refractivity contribution < 1.29 is 0 Å². The second-order valence-electron chi connectivity index (χ2n) is 24.6. The van der Waals surface area contributed by atoms with E-state index in [1.165, 1.54) is 105 Å². The molecule has 0 heterocycles. The lowest BCUT2D eigenvalue weighted by atomic mass is 9.67. The molecule has 0 amide bonds. The van der Waals surface area contributed by atoms with Crippen molar-refractivity contribution in [2.24, 2.45) is 0 Å². The van der Waals surface area contributed by atoms with Gasteiger partial charge in [0, 0.05) is 39.2 Å². The number of hydrogen-bond donors (Lipinski definition) is 0.